The van der Waals surface area contributed by atoms with Gasteiger partial charge < -0.3 is 5.32 Å². The third-order valence-electron chi connectivity index (χ3n) is 4.88. The minimum atomic E-state index is 0.744. The second-order valence-corrected chi connectivity index (χ2v) is 6.08. The predicted molar refractivity (Wildman–Crippen MR) is 78.0 cm³/mol. The summed E-state index contributed by atoms with van der Waals surface area (Å²) >= 11 is 0. The minimum absolute atomic E-state index is 0.744. The van der Waals surface area contributed by atoms with Gasteiger partial charge in [0.05, 0.1) is 0 Å². The Balaban J connectivity index is 1.75. The standard InChI is InChI=1S/C15H31N3/c1-4-8-16-11-14-6-7-15(14)18-10-9-17(5-2)13(3)12-18/h13-16H,4-12H2,1-3H3. The van der Waals surface area contributed by atoms with Crippen LogP contribution in [0.5, 0.6) is 0 Å². The Morgan fingerprint density at radius 3 is 2.56 bits per heavy atom. The second-order valence-electron chi connectivity index (χ2n) is 6.08. The monoisotopic (exact) mass is 253 g/mol. The molecule has 3 nitrogen and oxygen atoms in total. The van der Waals surface area contributed by atoms with E-state index >= 15 is 0 Å². The zero-order valence-electron chi connectivity index (χ0n) is 12.5. The third kappa shape index (κ3) is 3.25. The first-order valence-corrected chi connectivity index (χ1v) is 7.95. The van der Waals surface area contributed by atoms with Crippen LogP contribution in [0.25, 0.3) is 0 Å². The van der Waals surface area contributed by atoms with E-state index in [1.54, 1.807) is 0 Å². The summed E-state index contributed by atoms with van der Waals surface area (Å²) in [6, 6.07) is 1.62. The Hall–Kier alpha value is -0.120. The molecule has 106 valence electrons. The van der Waals surface area contributed by atoms with Gasteiger partial charge in [-0.25, -0.2) is 0 Å². The van der Waals surface area contributed by atoms with E-state index in [4.69, 9.17) is 0 Å². The number of nitrogens with zero attached hydrogens (tertiary/aromatic N) is 2. The largest absolute Gasteiger partial charge is 0.316 e. The molecule has 1 aliphatic carbocycles. The topological polar surface area (TPSA) is 18.5 Å². The van der Waals surface area contributed by atoms with E-state index < -0.39 is 0 Å². The van der Waals surface area contributed by atoms with Gasteiger partial charge in [0.25, 0.3) is 0 Å². The fourth-order valence-electron chi connectivity index (χ4n) is 3.53. The second kappa shape index (κ2) is 6.88. The highest BCUT2D eigenvalue weighted by Gasteiger charge is 2.37. The lowest BCUT2D eigenvalue weighted by molar-refractivity contribution is 0.000130. The Morgan fingerprint density at radius 1 is 1.17 bits per heavy atom. The summed E-state index contributed by atoms with van der Waals surface area (Å²) in [6.07, 6.45) is 4.12. The lowest BCUT2D eigenvalue weighted by Gasteiger charge is -2.49. The maximum absolute atomic E-state index is 3.60. The van der Waals surface area contributed by atoms with Gasteiger partial charge in [-0.15, -0.1) is 0 Å². The molecule has 1 aliphatic heterocycles. The number of hydrogen-bond acceptors (Lipinski definition) is 3. The first-order chi connectivity index (χ1) is 8.76. The molecule has 3 atom stereocenters. The molecule has 2 rings (SSSR count). The molecule has 3 unspecified atom stereocenters. The van der Waals surface area contributed by atoms with Gasteiger partial charge in [-0.2, -0.15) is 0 Å². The van der Waals surface area contributed by atoms with Crippen molar-refractivity contribution in [3.8, 4) is 0 Å². The molecule has 0 spiro atoms. The molecule has 2 fully saturated rings. The predicted octanol–water partition coefficient (Wildman–Crippen LogP) is 1.79. The summed E-state index contributed by atoms with van der Waals surface area (Å²) in [5.41, 5.74) is 0. The fraction of sp³-hybridized carbons (Fsp3) is 1.00. The number of nitrogens with one attached hydrogen (secondary N) is 1. The van der Waals surface area contributed by atoms with Gasteiger partial charge in [0.1, 0.15) is 0 Å². The highest BCUT2D eigenvalue weighted by Crippen LogP contribution is 2.32. The molecule has 0 aromatic rings. The van der Waals surface area contributed by atoms with Crippen LogP contribution in [-0.4, -0.2) is 61.2 Å². The van der Waals surface area contributed by atoms with Gasteiger partial charge in [0.2, 0.25) is 0 Å². The van der Waals surface area contributed by atoms with Crippen molar-refractivity contribution in [2.24, 2.45) is 5.92 Å². The van der Waals surface area contributed by atoms with Gasteiger partial charge in [0, 0.05) is 31.7 Å². The smallest absolute Gasteiger partial charge is 0.0195 e. The minimum Gasteiger partial charge on any atom is -0.316 e. The van der Waals surface area contributed by atoms with Gasteiger partial charge >= 0.3 is 0 Å². The lowest BCUT2D eigenvalue weighted by atomic mass is 9.78. The van der Waals surface area contributed by atoms with Crippen LogP contribution in [0, 0.1) is 5.92 Å². The van der Waals surface area contributed by atoms with Crippen LogP contribution in [0.2, 0.25) is 0 Å². The van der Waals surface area contributed by atoms with Crippen molar-refractivity contribution >= 4 is 0 Å². The molecule has 18 heavy (non-hydrogen) atoms. The van der Waals surface area contributed by atoms with Crippen LogP contribution in [-0.2, 0) is 0 Å². The molecule has 0 radical (unpaired) electrons. The van der Waals surface area contributed by atoms with Crippen LogP contribution in [0.15, 0.2) is 0 Å². The summed E-state index contributed by atoms with van der Waals surface area (Å²) in [4.78, 5) is 5.37. The van der Waals surface area contributed by atoms with Crippen LogP contribution < -0.4 is 5.32 Å². The molecule has 1 N–H and O–H groups in total. The summed E-state index contributed by atoms with van der Waals surface area (Å²) < 4.78 is 0. The number of hydrogen-bond donors (Lipinski definition) is 1. The number of piperazine rings is 1. The van der Waals surface area contributed by atoms with Crippen LogP contribution in [0.1, 0.15) is 40.0 Å². The van der Waals surface area contributed by atoms with Gasteiger partial charge in [-0.3, -0.25) is 9.80 Å². The maximum Gasteiger partial charge on any atom is 0.0195 e. The molecule has 3 heteroatoms. The van der Waals surface area contributed by atoms with E-state index in [1.165, 1.54) is 58.5 Å². The van der Waals surface area contributed by atoms with Gasteiger partial charge in [-0.1, -0.05) is 13.8 Å². The zero-order valence-corrected chi connectivity index (χ0v) is 12.5. The van der Waals surface area contributed by atoms with Crippen molar-refractivity contribution < 1.29 is 0 Å². The number of likely N-dealkylation sites (N-methyl/N-ethyl adjacent to an activating group) is 1. The molecule has 0 aromatic heterocycles. The molecular formula is C15H31N3. The molecule has 0 aromatic carbocycles. The van der Waals surface area contributed by atoms with E-state index in [0.29, 0.717) is 0 Å². The van der Waals surface area contributed by atoms with E-state index in [0.717, 1.165) is 18.0 Å². The quantitative estimate of drug-likeness (QED) is 0.728. The van der Waals surface area contributed by atoms with Crippen molar-refractivity contribution in [1.82, 2.24) is 15.1 Å². The SMILES string of the molecule is CCCNCC1CCC1N1CCN(CC)C(C)C1. The molecule has 2 aliphatic rings. The molecular weight excluding hydrogens is 222 g/mol. The molecule has 0 bridgehead atoms. The van der Waals surface area contributed by atoms with Crippen molar-refractivity contribution in [2.45, 2.75) is 52.1 Å². The highest BCUT2D eigenvalue weighted by molar-refractivity contribution is 4.93. The third-order valence-corrected chi connectivity index (χ3v) is 4.88. The summed E-state index contributed by atoms with van der Waals surface area (Å²) in [5.74, 6) is 0.914. The van der Waals surface area contributed by atoms with Crippen molar-refractivity contribution in [3.05, 3.63) is 0 Å². The van der Waals surface area contributed by atoms with Crippen molar-refractivity contribution in [3.63, 3.8) is 0 Å². The van der Waals surface area contributed by atoms with E-state index in [9.17, 15) is 0 Å². The fourth-order valence-corrected chi connectivity index (χ4v) is 3.53. The summed E-state index contributed by atoms with van der Waals surface area (Å²) in [5, 5.41) is 3.60. The Morgan fingerprint density at radius 2 is 2.00 bits per heavy atom. The molecule has 0 amide bonds. The van der Waals surface area contributed by atoms with Crippen LogP contribution in [0.3, 0.4) is 0 Å². The average molecular weight is 253 g/mol. The Kier molecular flexibility index (Phi) is 5.46. The van der Waals surface area contributed by atoms with Crippen molar-refractivity contribution in [1.29, 1.82) is 0 Å². The highest BCUT2D eigenvalue weighted by atomic mass is 15.3. The Bertz CT molecular complexity index is 244. The molecule has 1 heterocycles. The first kappa shape index (κ1) is 14.3. The normalized spacial score (nSPS) is 34.5. The van der Waals surface area contributed by atoms with Crippen molar-refractivity contribution in [2.75, 3.05) is 39.3 Å². The lowest BCUT2D eigenvalue weighted by Crippen LogP contribution is -2.59. The summed E-state index contributed by atoms with van der Waals surface area (Å²) in [6.45, 7) is 14.4. The molecule has 1 saturated heterocycles. The molecule has 1 saturated carbocycles. The van der Waals surface area contributed by atoms with Crippen LogP contribution >= 0.6 is 0 Å². The van der Waals surface area contributed by atoms with E-state index in [1.807, 2.05) is 0 Å². The summed E-state index contributed by atoms with van der Waals surface area (Å²) in [7, 11) is 0. The number of rotatable bonds is 6. The van der Waals surface area contributed by atoms with Gasteiger partial charge in [0.15, 0.2) is 0 Å². The first-order valence-electron chi connectivity index (χ1n) is 7.95. The van der Waals surface area contributed by atoms with Crippen LogP contribution in [0.4, 0.5) is 0 Å². The van der Waals surface area contributed by atoms with E-state index in [2.05, 4.69) is 35.9 Å². The van der Waals surface area contributed by atoms with E-state index in [-0.39, 0.29) is 0 Å². The van der Waals surface area contributed by atoms with Gasteiger partial charge in [-0.05, 0) is 51.7 Å². The average Bonchev–Trinajstić information content (AvgIpc) is 2.33. The maximum atomic E-state index is 3.60. The Labute approximate surface area is 113 Å². The zero-order chi connectivity index (χ0) is 13.0.